The van der Waals surface area contributed by atoms with Crippen LogP contribution in [0.15, 0.2) is 0 Å². The van der Waals surface area contributed by atoms with Crippen molar-refractivity contribution in [2.45, 2.75) is 138 Å². The number of hydrogen-bond donors (Lipinski definition) is 0. The summed E-state index contributed by atoms with van der Waals surface area (Å²) in [5.41, 5.74) is 0. The van der Waals surface area contributed by atoms with E-state index in [0.717, 1.165) is 0 Å². The van der Waals surface area contributed by atoms with Gasteiger partial charge >= 0.3 is 0 Å². The van der Waals surface area contributed by atoms with E-state index >= 15 is 0 Å². The standard InChI is InChI=1S/10C2H6.5Fe/c10*1-2;;;;;/h10*1-2H3;;;;;. The number of hydrogen-bond acceptors (Lipinski definition) is 0. The van der Waals surface area contributed by atoms with E-state index in [0.29, 0.717) is 0 Å². The zero-order valence-electron chi connectivity index (χ0n) is 21.8. The van der Waals surface area contributed by atoms with Gasteiger partial charge in [0.1, 0.15) is 0 Å². The Balaban J connectivity index is -0.00000000334. The maximum Gasteiger partial charge on any atom is 0 e. The van der Waals surface area contributed by atoms with Crippen LogP contribution in [0.3, 0.4) is 0 Å². The first kappa shape index (κ1) is 123. The quantitative estimate of drug-likeness (QED) is 0.250. The van der Waals surface area contributed by atoms with Crippen molar-refractivity contribution in [2.24, 2.45) is 0 Å². The molecule has 0 unspecified atom stereocenters. The number of rotatable bonds is 0. The van der Waals surface area contributed by atoms with Crippen molar-refractivity contribution >= 4 is 0 Å². The van der Waals surface area contributed by atoms with E-state index in [1.165, 1.54) is 0 Å². The molecule has 0 aliphatic carbocycles. The van der Waals surface area contributed by atoms with Crippen molar-refractivity contribution in [3.05, 3.63) is 0 Å². The maximum absolute atomic E-state index is 2.00. The van der Waals surface area contributed by atoms with Gasteiger partial charge in [-0.2, -0.15) is 0 Å². The first-order chi connectivity index (χ1) is 10.0. The molecular formula is C20H60Fe5. The van der Waals surface area contributed by atoms with Gasteiger partial charge in [-0.15, -0.1) is 0 Å². The van der Waals surface area contributed by atoms with Gasteiger partial charge in [-0.1, -0.05) is 138 Å². The van der Waals surface area contributed by atoms with Gasteiger partial charge in [-0.3, -0.25) is 0 Å². The van der Waals surface area contributed by atoms with Crippen molar-refractivity contribution in [1.29, 1.82) is 0 Å². The molecule has 0 N–H and O–H groups in total. The fraction of sp³-hybridized carbons (Fsp3) is 1.00. The Kier molecular flexibility index (Phi) is 12700. The molecule has 0 fully saturated rings. The van der Waals surface area contributed by atoms with Crippen LogP contribution in [0.25, 0.3) is 0 Å². The molecular weight excluding hydrogens is 519 g/mol. The monoisotopic (exact) mass is 580 g/mol. The predicted molar refractivity (Wildman–Crippen MR) is 113 cm³/mol. The minimum Gasteiger partial charge on any atom is -0.0683 e. The van der Waals surface area contributed by atoms with Crippen LogP contribution in [0.4, 0.5) is 0 Å². The molecule has 0 saturated heterocycles. The van der Waals surface area contributed by atoms with Crippen molar-refractivity contribution < 1.29 is 85.3 Å². The van der Waals surface area contributed by atoms with Crippen LogP contribution < -0.4 is 0 Å². The van der Waals surface area contributed by atoms with Gasteiger partial charge in [0.2, 0.25) is 0 Å². The third-order valence-corrected chi connectivity index (χ3v) is 0. The van der Waals surface area contributed by atoms with Gasteiger partial charge in [0.25, 0.3) is 0 Å². The SMILES string of the molecule is CC.CC.CC.CC.CC.CC.CC.CC.CC.CC.[Fe].[Fe].[Fe].[Fe].[Fe]. The van der Waals surface area contributed by atoms with Crippen LogP contribution >= 0.6 is 0 Å². The molecule has 0 spiro atoms. The van der Waals surface area contributed by atoms with Gasteiger partial charge in [0.05, 0.1) is 0 Å². The third kappa shape index (κ3) is 2390. The normalized spacial score (nSPS) is 2.40. The van der Waals surface area contributed by atoms with Crippen LogP contribution in [0.2, 0.25) is 0 Å². The molecule has 0 aromatic rings. The molecule has 0 aromatic carbocycles. The van der Waals surface area contributed by atoms with E-state index in [-0.39, 0.29) is 85.3 Å². The molecule has 0 atom stereocenters. The van der Waals surface area contributed by atoms with E-state index in [1.54, 1.807) is 0 Å². The van der Waals surface area contributed by atoms with Crippen LogP contribution in [0, 0.1) is 0 Å². The van der Waals surface area contributed by atoms with Crippen LogP contribution in [-0.4, -0.2) is 0 Å². The Labute approximate surface area is 222 Å². The summed E-state index contributed by atoms with van der Waals surface area (Å²) in [6.45, 7) is 40.0. The van der Waals surface area contributed by atoms with E-state index in [1.807, 2.05) is 138 Å². The molecule has 0 radical (unpaired) electrons. The van der Waals surface area contributed by atoms with Gasteiger partial charge in [0.15, 0.2) is 0 Å². The topological polar surface area (TPSA) is 0 Å². The first-order valence-electron chi connectivity index (χ1n) is 10.0. The summed E-state index contributed by atoms with van der Waals surface area (Å²) in [6.07, 6.45) is 0. The molecule has 0 aliphatic heterocycles. The fourth-order valence-corrected chi connectivity index (χ4v) is 0. The Morgan fingerprint density at radius 1 is 0.120 bits per heavy atom. The molecule has 0 amide bonds. The maximum atomic E-state index is 2.00. The summed E-state index contributed by atoms with van der Waals surface area (Å²) < 4.78 is 0. The first-order valence-corrected chi connectivity index (χ1v) is 10.0. The summed E-state index contributed by atoms with van der Waals surface area (Å²) in [5.74, 6) is 0. The van der Waals surface area contributed by atoms with Crippen molar-refractivity contribution in [3.63, 3.8) is 0 Å². The second-order valence-electron chi connectivity index (χ2n) is 0. The fourth-order valence-electron chi connectivity index (χ4n) is 0. The van der Waals surface area contributed by atoms with Crippen molar-refractivity contribution in [3.8, 4) is 0 Å². The molecule has 0 aliphatic rings. The van der Waals surface area contributed by atoms with Crippen LogP contribution in [-0.2, 0) is 85.3 Å². The predicted octanol–water partition coefficient (Wildman–Crippen LogP) is 10.2. The van der Waals surface area contributed by atoms with Crippen LogP contribution in [0.1, 0.15) is 138 Å². The van der Waals surface area contributed by atoms with Gasteiger partial charge in [-0.25, -0.2) is 0 Å². The van der Waals surface area contributed by atoms with Crippen molar-refractivity contribution in [1.82, 2.24) is 0 Å². The van der Waals surface area contributed by atoms with E-state index in [4.69, 9.17) is 0 Å². The van der Waals surface area contributed by atoms with Gasteiger partial charge in [-0.05, 0) is 0 Å². The third-order valence-electron chi connectivity index (χ3n) is 0. The largest absolute Gasteiger partial charge is 0.0683 e. The van der Waals surface area contributed by atoms with E-state index in [2.05, 4.69) is 0 Å². The molecule has 0 rings (SSSR count). The van der Waals surface area contributed by atoms with Crippen LogP contribution in [0.5, 0.6) is 0 Å². The average Bonchev–Trinajstić information content (AvgIpc) is 2.71. The Morgan fingerprint density at radius 3 is 0.120 bits per heavy atom. The Bertz CT molecular complexity index is 18.0. The molecule has 5 heteroatoms. The van der Waals surface area contributed by atoms with E-state index in [9.17, 15) is 0 Å². The Hall–Kier alpha value is 2.60. The summed E-state index contributed by atoms with van der Waals surface area (Å²) in [5, 5.41) is 0. The van der Waals surface area contributed by atoms with Gasteiger partial charge < -0.3 is 0 Å². The zero-order valence-corrected chi connectivity index (χ0v) is 27.3. The smallest absolute Gasteiger partial charge is 0 e. The molecule has 25 heavy (non-hydrogen) atoms. The average molecular weight is 580 g/mol. The molecule has 0 bridgehead atoms. The second-order valence-corrected chi connectivity index (χ2v) is 0. The zero-order chi connectivity index (χ0) is 20.0. The molecule has 0 saturated carbocycles. The molecule has 0 aromatic heterocycles. The minimum atomic E-state index is 0. The minimum absolute atomic E-state index is 0. The van der Waals surface area contributed by atoms with Crippen molar-refractivity contribution in [2.75, 3.05) is 0 Å². The van der Waals surface area contributed by atoms with Gasteiger partial charge in [0, 0.05) is 85.3 Å². The molecule has 0 heterocycles. The Morgan fingerprint density at radius 2 is 0.120 bits per heavy atom. The van der Waals surface area contributed by atoms with E-state index < -0.39 is 0 Å². The second kappa shape index (κ2) is 2580. The summed E-state index contributed by atoms with van der Waals surface area (Å²) >= 11 is 0. The summed E-state index contributed by atoms with van der Waals surface area (Å²) in [6, 6.07) is 0. The molecule has 0 nitrogen and oxygen atoms in total. The summed E-state index contributed by atoms with van der Waals surface area (Å²) in [7, 11) is 0. The molecule has 180 valence electrons. The summed E-state index contributed by atoms with van der Waals surface area (Å²) in [4.78, 5) is 0.